The van der Waals surface area contributed by atoms with E-state index in [4.69, 9.17) is 18.4 Å². The Hall–Kier alpha value is -4.73. The van der Waals surface area contributed by atoms with Crippen LogP contribution >= 0.6 is 12.6 Å². The van der Waals surface area contributed by atoms with Crippen molar-refractivity contribution < 1.29 is 0 Å². The molecule has 0 saturated carbocycles. The predicted octanol–water partition coefficient (Wildman–Crippen LogP) is 10.8. The summed E-state index contributed by atoms with van der Waals surface area (Å²) < 4.78 is 2.50. The highest BCUT2D eigenvalue weighted by Gasteiger charge is 2.24. The molecular weight excluding hydrogens is 553 g/mol. The molecule has 6 aromatic rings. The highest BCUT2D eigenvalue weighted by atomic mass is 32.1. The van der Waals surface area contributed by atoms with Crippen LogP contribution in [0.1, 0.15) is 42.4 Å². The molecule has 214 valence electrons. The Bertz CT molecular complexity index is 2210. The summed E-state index contributed by atoms with van der Waals surface area (Å²) in [6.45, 7) is 2.37. The molecular formula is C41H34N2S. The lowest BCUT2D eigenvalue weighted by Crippen LogP contribution is -2.08. The van der Waals surface area contributed by atoms with Gasteiger partial charge in [0.15, 0.2) is 0 Å². The molecule has 2 aliphatic carbocycles. The van der Waals surface area contributed by atoms with E-state index in [2.05, 4.69) is 139 Å². The highest BCUT2D eigenvalue weighted by Crippen LogP contribution is 2.45. The first-order valence-corrected chi connectivity index (χ1v) is 15.9. The van der Waals surface area contributed by atoms with Gasteiger partial charge in [0, 0.05) is 38.5 Å². The van der Waals surface area contributed by atoms with E-state index in [1.807, 2.05) is 6.07 Å². The molecule has 0 aliphatic heterocycles. The molecule has 1 heterocycles. The second kappa shape index (κ2) is 10.8. The minimum atomic E-state index is 0.163. The summed E-state index contributed by atoms with van der Waals surface area (Å²) >= 11 is 4.94. The molecule has 5 aromatic carbocycles. The molecule has 0 saturated heterocycles. The van der Waals surface area contributed by atoms with Gasteiger partial charge in [0.2, 0.25) is 0 Å². The van der Waals surface area contributed by atoms with Gasteiger partial charge in [-0.1, -0.05) is 122 Å². The Balaban J connectivity index is 1.24. The number of allylic oxidation sites excluding steroid dienone is 6. The number of aromatic nitrogens is 1. The number of hydrogen-bond donors (Lipinski definition) is 2. The minimum Gasteiger partial charge on any atom is -0.398 e. The topological polar surface area (TPSA) is 30.9 Å². The Labute approximate surface area is 263 Å². The van der Waals surface area contributed by atoms with Crippen LogP contribution in [0.5, 0.6) is 0 Å². The normalized spacial score (nSPS) is 18.2. The number of fused-ring (bicyclic) bond motifs is 7. The summed E-state index contributed by atoms with van der Waals surface area (Å²) in [6.07, 6.45) is 15.5. The third-order valence-corrected chi connectivity index (χ3v) is 9.86. The van der Waals surface area contributed by atoms with Crippen LogP contribution in [0.4, 0.5) is 0 Å². The molecule has 2 atom stereocenters. The van der Waals surface area contributed by atoms with E-state index in [1.54, 1.807) is 0 Å². The van der Waals surface area contributed by atoms with Crippen molar-refractivity contribution in [1.82, 2.24) is 4.57 Å². The van der Waals surface area contributed by atoms with Crippen molar-refractivity contribution >= 4 is 62.7 Å². The van der Waals surface area contributed by atoms with Gasteiger partial charge in [-0.3, -0.25) is 0 Å². The van der Waals surface area contributed by atoms with Crippen molar-refractivity contribution in [3.05, 3.63) is 144 Å². The van der Waals surface area contributed by atoms with Gasteiger partial charge in [-0.2, -0.15) is 0 Å². The summed E-state index contributed by atoms with van der Waals surface area (Å²) in [4.78, 5) is 0.908. The molecule has 8 rings (SSSR count). The standard InChI is InChI=1S/C41H34N2S/c1-26-10-7-15-30-21-23-37-40(38(26)30)39-32-17-6-5-14-29(32)20-22-36(39)43(37)31-16-8-11-27(24-31)25-35(42)34-19-9-18-33(41(34)44)28-12-3-2-4-13-28/h2-9,11-23,25-27,44H,10,24,42H2,1H3/b35-25+. The van der Waals surface area contributed by atoms with Crippen LogP contribution in [0.2, 0.25) is 0 Å². The first kappa shape index (κ1) is 26.9. The minimum absolute atomic E-state index is 0.163. The van der Waals surface area contributed by atoms with E-state index >= 15 is 0 Å². The second-order valence-electron chi connectivity index (χ2n) is 12.1. The zero-order valence-electron chi connectivity index (χ0n) is 24.7. The summed E-state index contributed by atoms with van der Waals surface area (Å²) in [5.41, 5.74) is 17.4. The zero-order valence-corrected chi connectivity index (χ0v) is 25.6. The number of thiol groups is 1. The average molecular weight is 587 g/mol. The fourth-order valence-electron chi connectivity index (χ4n) is 7.33. The van der Waals surface area contributed by atoms with Crippen LogP contribution in [-0.4, -0.2) is 4.57 Å². The molecule has 2 unspecified atom stereocenters. The van der Waals surface area contributed by atoms with Crippen LogP contribution in [-0.2, 0) is 0 Å². The molecule has 1 aromatic heterocycles. The van der Waals surface area contributed by atoms with Crippen molar-refractivity contribution in [2.45, 2.75) is 30.6 Å². The molecule has 0 spiro atoms. The summed E-state index contributed by atoms with van der Waals surface area (Å²) in [5.74, 6) is 0.630. The molecule has 0 radical (unpaired) electrons. The second-order valence-corrected chi connectivity index (χ2v) is 12.6. The molecule has 2 aliphatic rings. The van der Waals surface area contributed by atoms with Gasteiger partial charge in [-0.05, 0) is 70.0 Å². The molecule has 3 heteroatoms. The summed E-state index contributed by atoms with van der Waals surface area (Å²) in [6, 6.07) is 34.6. The van der Waals surface area contributed by atoms with Crippen molar-refractivity contribution in [2.75, 3.05) is 0 Å². The van der Waals surface area contributed by atoms with Crippen LogP contribution in [0.3, 0.4) is 0 Å². The third-order valence-electron chi connectivity index (χ3n) is 9.38. The van der Waals surface area contributed by atoms with Gasteiger partial charge >= 0.3 is 0 Å². The third kappa shape index (κ3) is 4.34. The molecule has 0 amide bonds. The number of hydrogen-bond acceptors (Lipinski definition) is 2. The first-order chi connectivity index (χ1) is 21.6. The first-order valence-electron chi connectivity index (χ1n) is 15.5. The maximum absolute atomic E-state index is 6.82. The monoisotopic (exact) mass is 586 g/mol. The smallest absolute Gasteiger partial charge is 0.0544 e. The number of nitrogens with zero attached hydrogens (tertiary/aromatic N) is 1. The van der Waals surface area contributed by atoms with Crippen molar-refractivity contribution in [2.24, 2.45) is 11.7 Å². The van der Waals surface area contributed by atoms with Gasteiger partial charge in [0.1, 0.15) is 0 Å². The SMILES string of the molecule is CC1CC=Cc2ccc3c(c21)c1c2ccccc2ccc1n3C1=CC=CC(/C=C(/N)c2cccc(-c3ccccc3)c2S)C1. The van der Waals surface area contributed by atoms with E-state index in [-0.39, 0.29) is 5.92 Å². The van der Waals surface area contributed by atoms with Crippen molar-refractivity contribution in [1.29, 1.82) is 0 Å². The maximum atomic E-state index is 6.82. The van der Waals surface area contributed by atoms with Crippen LogP contribution in [0, 0.1) is 5.92 Å². The van der Waals surface area contributed by atoms with Crippen LogP contribution in [0.15, 0.2) is 132 Å². The molecule has 2 nitrogen and oxygen atoms in total. The van der Waals surface area contributed by atoms with Crippen LogP contribution in [0.25, 0.3) is 61.2 Å². The lowest BCUT2D eigenvalue weighted by molar-refractivity contribution is 0.779. The quantitative estimate of drug-likeness (QED) is 0.198. The molecule has 44 heavy (non-hydrogen) atoms. The Morgan fingerprint density at radius 1 is 0.864 bits per heavy atom. The largest absolute Gasteiger partial charge is 0.398 e. The Morgan fingerprint density at radius 2 is 1.66 bits per heavy atom. The van der Waals surface area contributed by atoms with Crippen molar-refractivity contribution in [3.63, 3.8) is 0 Å². The van der Waals surface area contributed by atoms with Crippen molar-refractivity contribution in [3.8, 4) is 11.1 Å². The van der Waals surface area contributed by atoms with E-state index in [9.17, 15) is 0 Å². The lowest BCUT2D eigenvalue weighted by atomic mass is 9.85. The lowest BCUT2D eigenvalue weighted by Gasteiger charge is -2.21. The maximum Gasteiger partial charge on any atom is 0.0544 e. The Morgan fingerprint density at radius 3 is 2.55 bits per heavy atom. The Kier molecular flexibility index (Phi) is 6.57. The molecule has 2 N–H and O–H groups in total. The number of rotatable bonds is 4. The van der Waals surface area contributed by atoms with Gasteiger partial charge in [0.05, 0.1) is 11.0 Å². The molecule has 0 bridgehead atoms. The average Bonchev–Trinajstić information content (AvgIpc) is 3.40. The number of nitrogens with two attached hydrogens (primary N) is 1. The van der Waals surface area contributed by atoms with Gasteiger partial charge in [-0.25, -0.2) is 0 Å². The van der Waals surface area contributed by atoms with Gasteiger partial charge < -0.3 is 10.3 Å². The zero-order chi connectivity index (χ0) is 29.8. The van der Waals surface area contributed by atoms with E-state index in [0.29, 0.717) is 5.92 Å². The highest BCUT2D eigenvalue weighted by molar-refractivity contribution is 7.80. The van der Waals surface area contributed by atoms with Gasteiger partial charge in [-0.15, -0.1) is 12.6 Å². The number of benzene rings is 5. The predicted molar refractivity (Wildman–Crippen MR) is 192 cm³/mol. The van der Waals surface area contributed by atoms with E-state index in [1.165, 1.54) is 49.4 Å². The van der Waals surface area contributed by atoms with Gasteiger partial charge in [0.25, 0.3) is 0 Å². The summed E-state index contributed by atoms with van der Waals surface area (Å²) in [5, 5.41) is 5.35. The van der Waals surface area contributed by atoms with E-state index in [0.717, 1.165) is 40.1 Å². The molecule has 0 fully saturated rings. The van der Waals surface area contributed by atoms with Crippen LogP contribution < -0.4 is 5.73 Å². The summed E-state index contributed by atoms with van der Waals surface area (Å²) in [7, 11) is 0. The van der Waals surface area contributed by atoms with E-state index < -0.39 is 0 Å². The fraction of sp³-hybridized carbons (Fsp3) is 0.122. The fourth-order valence-corrected chi connectivity index (χ4v) is 7.74.